The van der Waals surface area contributed by atoms with Crippen molar-refractivity contribution in [1.29, 1.82) is 0 Å². The van der Waals surface area contributed by atoms with Gasteiger partial charge in [0, 0.05) is 0 Å². The van der Waals surface area contributed by atoms with Gasteiger partial charge in [-0.3, -0.25) is 0 Å². The summed E-state index contributed by atoms with van der Waals surface area (Å²) in [5, 5.41) is 0.752. The molecule has 2 rings (SSSR count). The molecule has 1 unspecified atom stereocenters. The highest BCUT2D eigenvalue weighted by molar-refractivity contribution is 6.32. The molecule has 1 aliphatic heterocycles. The van der Waals surface area contributed by atoms with Crippen LogP contribution in [0.1, 0.15) is 18.1 Å². The van der Waals surface area contributed by atoms with E-state index in [0.29, 0.717) is 5.92 Å². The minimum Gasteiger partial charge on any atom is -0.491 e. The lowest BCUT2D eigenvalue weighted by Crippen LogP contribution is -2.18. The number of hydrogen-bond acceptors (Lipinski definition) is 1. The summed E-state index contributed by atoms with van der Waals surface area (Å²) in [6.45, 7) is 5.04. The van der Waals surface area contributed by atoms with Gasteiger partial charge in [-0.25, -0.2) is 0 Å². The molecular formula is C11H13ClO. The van der Waals surface area contributed by atoms with Gasteiger partial charge in [-0.1, -0.05) is 24.6 Å². The van der Waals surface area contributed by atoms with Gasteiger partial charge < -0.3 is 4.74 Å². The standard InChI is InChI=1S/C11H13ClO/c1-7-3-9-4-8(2)6-13-11(9)10(12)5-7/h3,5,8H,4,6H2,1-2H3. The lowest BCUT2D eigenvalue weighted by atomic mass is 9.97. The third-order valence-corrected chi connectivity index (χ3v) is 2.63. The van der Waals surface area contributed by atoms with Gasteiger partial charge in [-0.05, 0) is 36.5 Å². The van der Waals surface area contributed by atoms with Crippen LogP contribution in [0.2, 0.25) is 5.02 Å². The molecule has 0 aliphatic carbocycles. The summed E-state index contributed by atoms with van der Waals surface area (Å²) in [7, 11) is 0. The van der Waals surface area contributed by atoms with Gasteiger partial charge >= 0.3 is 0 Å². The first-order valence-electron chi connectivity index (χ1n) is 4.58. The molecule has 1 aromatic carbocycles. The fraction of sp³-hybridized carbons (Fsp3) is 0.455. The monoisotopic (exact) mass is 196 g/mol. The predicted octanol–water partition coefficient (Wildman–Crippen LogP) is 3.22. The summed E-state index contributed by atoms with van der Waals surface area (Å²) >= 11 is 6.07. The summed E-state index contributed by atoms with van der Waals surface area (Å²) in [4.78, 5) is 0. The van der Waals surface area contributed by atoms with Crippen molar-refractivity contribution in [2.45, 2.75) is 20.3 Å². The third kappa shape index (κ3) is 1.66. The summed E-state index contributed by atoms with van der Waals surface area (Å²) < 4.78 is 5.59. The van der Waals surface area contributed by atoms with Gasteiger partial charge in [0.15, 0.2) is 0 Å². The average molecular weight is 197 g/mol. The van der Waals surface area contributed by atoms with Gasteiger partial charge in [-0.15, -0.1) is 0 Å². The lowest BCUT2D eigenvalue weighted by molar-refractivity contribution is 0.234. The van der Waals surface area contributed by atoms with E-state index in [1.165, 1.54) is 11.1 Å². The van der Waals surface area contributed by atoms with Crippen LogP contribution in [-0.2, 0) is 6.42 Å². The van der Waals surface area contributed by atoms with Crippen molar-refractivity contribution in [3.05, 3.63) is 28.3 Å². The third-order valence-electron chi connectivity index (χ3n) is 2.35. The zero-order valence-electron chi connectivity index (χ0n) is 7.93. The van der Waals surface area contributed by atoms with Crippen molar-refractivity contribution in [3.63, 3.8) is 0 Å². The number of fused-ring (bicyclic) bond motifs is 1. The van der Waals surface area contributed by atoms with Crippen LogP contribution in [0.5, 0.6) is 5.75 Å². The van der Waals surface area contributed by atoms with Gasteiger partial charge in [-0.2, -0.15) is 0 Å². The van der Waals surface area contributed by atoms with Crippen LogP contribution < -0.4 is 4.74 Å². The van der Waals surface area contributed by atoms with E-state index >= 15 is 0 Å². The average Bonchev–Trinajstić information content (AvgIpc) is 2.02. The predicted molar refractivity (Wildman–Crippen MR) is 54.6 cm³/mol. The van der Waals surface area contributed by atoms with E-state index in [1.807, 2.05) is 6.07 Å². The highest BCUT2D eigenvalue weighted by Crippen LogP contribution is 2.35. The summed E-state index contributed by atoms with van der Waals surface area (Å²) in [6.07, 6.45) is 1.08. The molecule has 0 N–H and O–H groups in total. The normalized spacial score (nSPS) is 20.7. The van der Waals surface area contributed by atoms with Crippen LogP contribution in [-0.4, -0.2) is 6.61 Å². The fourth-order valence-corrected chi connectivity index (χ4v) is 2.12. The second-order valence-electron chi connectivity index (χ2n) is 3.86. The van der Waals surface area contributed by atoms with Crippen LogP contribution in [0.25, 0.3) is 0 Å². The first-order valence-corrected chi connectivity index (χ1v) is 4.96. The maximum atomic E-state index is 6.07. The summed E-state index contributed by atoms with van der Waals surface area (Å²) in [5.74, 6) is 1.50. The van der Waals surface area contributed by atoms with E-state index in [1.54, 1.807) is 0 Å². The molecule has 1 atom stereocenters. The van der Waals surface area contributed by atoms with Crippen molar-refractivity contribution in [3.8, 4) is 5.75 Å². The Kier molecular flexibility index (Phi) is 2.20. The Morgan fingerprint density at radius 1 is 1.46 bits per heavy atom. The molecule has 1 nitrogen and oxygen atoms in total. The van der Waals surface area contributed by atoms with E-state index in [-0.39, 0.29) is 0 Å². The van der Waals surface area contributed by atoms with Crippen molar-refractivity contribution in [1.82, 2.24) is 0 Å². The second-order valence-corrected chi connectivity index (χ2v) is 4.26. The van der Waals surface area contributed by atoms with E-state index in [0.717, 1.165) is 23.8 Å². The molecule has 2 heteroatoms. The Morgan fingerprint density at radius 2 is 2.23 bits per heavy atom. The van der Waals surface area contributed by atoms with Crippen LogP contribution in [0.3, 0.4) is 0 Å². The number of ether oxygens (including phenoxy) is 1. The van der Waals surface area contributed by atoms with E-state index in [4.69, 9.17) is 16.3 Å². The highest BCUT2D eigenvalue weighted by Gasteiger charge is 2.18. The van der Waals surface area contributed by atoms with Crippen molar-refractivity contribution >= 4 is 11.6 Å². The zero-order chi connectivity index (χ0) is 9.42. The van der Waals surface area contributed by atoms with Gasteiger partial charge in [0.2, 0.25) is 0 Å². The summed E-state index contributed by atoms with van der Waals surface area (Å²) in [5.41, 5.74) is 2.46. The Bertz CT molecular complexity index is 333. The Balaban J connectivity index is 2.47. The Hall–Kier alpha value is -0.690. The fourth-order valence-electron chi connectivity index (χ4n) is 1.77. The minimum absolute atomic E-state index is 0.602. The Labute approximate surface area is 83.7 Å². The SMILES string of the molecule is Cc1cc(Cl)c2c(c1)CC(C)CO2. The molecule has 1 aromatic rings. The Morgan fingerprint density at radius 3 is 3.00 bits per heavy atom. The zero-order valence-corrected chi connectivity index (χ0v) is 8.69. The van der Waals surface area contributed by atoms with E-state index < -0.39 is 0 Å². The first kappa shape index (κ1) is 8.89. The van der Waals surface area contributed by atoms with Crippen LogP contribution in [0.4, 0.5) is 0 Å². The molecule has 0 fully saturated rings. The van der Waals surface area contributed by atoms with Crippen LogP contribution in [0, 0.1) is 12.8 Å². The molecule has 0 radical (unpaired) electrons. The number of hydrogen-bond donors (Lipinski definition) is 0. The first-order chi connectivity index (χ1) is 6.16. The smallest absolute Gasteiger partial charge is 0.141 e. The molecule has 0 saturated heterocycles. The molecule has 13 heavy (non-hydrogen) atoms. The number of benzene rings is 1. The van der Waals surface area contributed by atoms with E-state index in [9.17, 15) is 0 Å². The minimum atomic E-state index is 0.602. The molecule has 0 spiro atoms. The molecule has 1 heterocycles. The van der Waals surface area contributed by atoms with Gasteiger partial charge in [0.1, 0.15) is 5.75 Å². The summed E-state index contributed by atoms with van der Waals surface area (Å²) in [6, 6.07) is 4.12. The molecule has 0 aromatic heterocycles. The molecule has 0 bridgehead atoms. The number of aryl methyl sites for hydroxylation is 1. The highest BCUT2D eigenvalue weighted by atomic mass is 35.5. The molecule has 70 valence electrons. The second kappa shape index (κ2) is 3.22. The van der Waals surface area contributed by atoms with Crippen LogP contribution >= 0.6 is 11.6 Å². The van der Waals surface area contributed by atoms with E-state index in [2.05, 4.69) is 19.9 Å². The quantitative estimate of drug-likeness (QED) is 0.619. The molecule has 0 saturated carbocycles. The lowest BCUT2D eigenvalue weighted by Gasteiger charge is -2.23. The molecular weight excluding hydrogens is 184 g/mol. The maximum absolute atomic E-state index is 6.07. The van der Waals surface area contributed by atoms with Crippen LogP contribution in [0.15, 0.2) is 12.1 Å². The van der Waals surface area contributed by atoms with Gasteiger partial charge in [0.05, 0.1) is 11.6 Å². The van der Waals surface area contributed by atoms with Crippen molar-refractivity contribution in [2.24, 2.45) is 5.92 Å². The van der Waals surface area contributed by atoms with Crippen molar-refractivity contribution in [2.75, 3.05) is 6.61 Å². The molecule has 1 aliphatic rings. The largest absolute Gasteiger partial charge is 0.491 e. The number of rotatable bonds is 0. The van der Waals surface area contributed by atoms with Crippen molar-refractivity contribution < 1.29 is 4.74 Å². The number of halogens is 1. The maximum Gasteiger partial charge on any atom is 0.141 e. The molecule has 0 amide bonds. The van der Waals surface area contributed by atoms with Gasteiger partial charge in [0.25, 0.3) is 0 Å². The topological polar surface area (TPSA) is 9.23 Å².